The fourth-order valence-corrected chi connectivity index (χ4v) is 4.85. The van der Waals surface area contributed by atoms with Gasteiger partial charge in [-0.1, -0.05) is 35.3 Å². The summed E-state index contributed by atoms with van der Waals surface area (Å²) in [6.07, 6.45) is 2.65. The molecule has 1 heterocycles. The average molecular weight is 499 g/mol. The molecule has 0 radical (unpaired) electrons. The van der Waals surface area contributed by atoms with E-state index in [1.54, 1.807) is 24.3 Å². The normalized spacial score (nSPS) is 15.3. The number of rotatable bonds is 7. The van der Waals surface area contributed by atoms with Crippen molar-refractivity contribution in [3.05, 3.63) is 58.1 Å². The minimum atomic E-state index is -3.73. The first-order chi connectivity index (χ1) is 15.2. The molecular weight excluding hydrogens is 475 g/mol. The Morgan fingerprint density at radius 2 is 1.91 bits per heavy atom. The Morgan fingerprint density at radius 3 is 2.59 bits per heavy atom. The summed E-state index contributed by atoms with van der Waals surface area (Å²) in [6, 6.07) is 9.51. The number of hydrogen-bond acceptors (Lipinski definition) is 5. The van der Waals surface area contributed by atoms with Crippen molar-refractivity contribution in [2.75, 3.05) is 31.6 Å². The zero-order chi connectivity index (χ0) is 23.3. The number of carbonyl (C=O) groups excluding carboxylic acids is 1. The van der Waals surface area contributed by atoms with Gasteiger partial charge in [-0.05, 0) is 49.8 Å². The molecule has 1 N–H and O–H groups in total. The predicted octanol–water partition coefficient (Wildman–Crippen LogP) is 4.45. The third kappa shape index (κ3) is 6.02. The van der Waals surface area contributed by atoms with Gasteiger partial charge in [-0.15, -0.1) is 0 Å². The van der Waals surface area contributed by atoms with Crippen LogP contribution in [-0.2, 0) is 19.6 Å². The average Bonchev–Trinajstić information content (AvgIpc) is 2.76. The molecule has 0 aliphatic carbocycles. The van der Waals surface area contributed by atoms with Crippen LogP contribution in [0, 0.1) is 0 Å². The van der Waals surface area contributed by atoms with Gasteiger partial charge in [0.15, 0.2) is 0 Å². The van der Waals surface area contributed by atoms with Gasteiger partial charge in [0, 0.05) is 19.2 Å². The molecule has 0 atom stereocenters. The van der Waals surface area contributed by atoms with Crippen molar-refractivity contribution >= 4 is 50.9 Å². The Balaban J connectivity index is 1.87. The molecule has 3 rings (SSSR count). The Bertz CT molecular complexity index is 1110. The van der Waals surface area contributed by atoms with Crippen LogP contribution in [0.25, 0.3) is 6.08 Å². The minimum Gasteiger partial charge on any atom is -0.489 e. The fourth-order valence-electron chi connectivity index (χ4n) is 3.05. The van der Waals surface area contributed by atoms with Gasteiger partial charge in [-0.25, -0.2) is 8.42 Å². The van der Waals surface area contributed by atoms with E-state index >= 15 is 0 Å². The number of benzene rings is 2. The maximum atomic E-state index is 13.0. The molecule has 1 aliphatic rings. The first-order valence-electron chi connectivity index (χ1n) is 10.00. The van der Waals surface area contributed by atoms with E-state index < -0.39 is 15.9 Å². The number of sulfonamides is 1. The summed E-state index contributed by atoms with van der Waals surface area (Å²) in [4.78, 5) is 12.6. The smallest absolute Gasteiger partial charge is 0.248 e. The van der Waals surface area contributed by atoms with E-state index in [1.807, 2.05) is 13.8 Å². The Morgan fingerprint density at radius 1 is 1.19 bits per heavy atom. The summed E-state index contributed by atoms with van der Waals surface area (Å²) in [5, 5.41) is 3.41. The molecule has 7 nitrogen and oxygen atoms in total. The molecule has 1 fully saturated rings. The van der Waals surface area contributed by atoms with Gasteiger partial charge in [-0.2, -0.15) is 4.31 Å². The van der Waals surface area contributed by atoms with Crippen LogP contribution >= 0.6 is 23.2 Å². The van der Waals surface area contributed by atoms with E-state index in [0.717, 1.165) is 0 Å². The molecule has 1 saturated heterocycles. The minimum absolute atomic E-state index is 0.0627. The highest BCUT2D eigenvalue weighted by Gasteiger charge is 2.27. The van der Waals surface area contributed by atoms with Gasteiger partial charge < -0.3 is 14.8 Å². The van der Waals surface area contributed by atoms with Crippen LogP contribution < -0.4 is 10.1 Å². The summed E-state index contributed by atoms with van der Waals surface area (Å²) >= 11 is 12.1. The highest BCUT2D eigenvalue weighted by molar-refractivity contribution is 7.89. The summed E-state index contributed by atoms with van der Waals surface area (Å²) in [5.74, 6) is -0.112. The number of nitrogens with one attached hydrogen (secondary N) is 1. The largest absolute Gasteiger partial charge is 0.489 e. The van der Waals surface area contributed by atoms with Gasteiger partial charge in [0.25, 0.3) is 0 Å². The van der Waals surface area contributed by atoms with Gasteiger partial charge >= 0.3 is 0 Å². The first-order valence-corrected chi connectivity index (χ1v) is 12.2. The zero-order valence-corrected chi connectivity index (χ0v) is 20.0. The molecule has 0 saturated carbocycles. The molecular formula is C22H24Cl2N2O5S. The second kappa shape index (κ2) is 10.7. The third-order valence-electron chi connectivity index (χ3n) is 4.58. The quantitative estimate of drug-likeness (QED) is 0.569. The number of halogens is 2. The van der Waals surface area contributed by atoms with Crippen LogP contribution in [0.4, 0.5) is 5.69 Å². The molecule has 0 bridgehead atoms. The highest BCUT2D eigenvalue weighted by atomic mass is 35.5. The van der Waals surface area contributed by atoms with Crippen molar-refractivity contribution in [3.8, 4) is 5.75 Å². The van der Waals surface area contributed by atoms with E-state index in [1.165, 1.54) is 28.6 Å². The van der Waals surface area contributed by atoms with E-state index in [-0.39, 0.29) is 29.8 Å². The Hall–Kier alpha value is -2.10. The summed E-state index contributed by atoms with van der Waals surface area (Å²) < 4.78 is 38.4. The Labute approximate surface area is 198 Å². The van der Waals surface area contributed by atoms with Crippen LogP contribution in [0.2, 0.25) is 10.0 Å². The van der Waals surface area contributed by atoms with E-state index in [0.29, 0.717) is 34.6 Å². The molecule has 1 aliphatic heterocycles. The lowest BCUT2D eigenvalue weighted by atomic mass is 10.2. The summed E-state index contributed by atoms with van der Waals surface area (Å²) in [7, 11) is -3.73. The lowest BCUT2D eigenvalue weighted by Crippen LogP contribution is -2.40. The van der Waals surface area contributed by atoms with E-state index in [4.69, 9.17) is 32.7 Å². The lowest BCUT2D eigenvalue weighted by molar-refractivity contribution is -0.111. The number of carbonyl (C=O) groups is 1. The van der Waals surface area contributed by atoms with Crippen molar-refractivity contribution < 1.29 is 22.7 Å². The zero-order valence-electron chi connectivity index (χ0n) is 17.7. The summed E-state index contributed by atoms with van der Waals surface area (Å²) in [5.41, 5.74) is 0.830. The lowest BCUT2D eigenvalue weighted by Gasteiger charge is -2.26. The number of ether oxygens (including phenoxy) is 2. The molecule has 2 aromatic carbocycles. The SMILES string of the molecule is CC(C)Oc1ccc(S(=O)(=O)N2CCOCC2)cc1NC(=O)/C=C\c1cccc(Cl)c1Cl. The molecule has 0 unspecified atom stereocenters. The number of amides is 1. The van der Waals surface area contributed by atoms with E-state index in [2.05, 4.69) is 5.32 Å². The maximum absolute atomic E-state index is 13.0. The van der Waals surface area contributed by atoms with Crippen molar-refractivity contribution in [2.45, 2.75) is 24.8 Å². The monoisotopic (exact) mass is 498 g/mol. The maximum Gasteiger partial charge on any atom is 0.248 e. The summed E-state index contributed by atoms with van der Waals surface area (Å²) in [6.45, 7) is 4.91. The van der Waals surface area contributed by atoms with Crippen molar-refractivity contribution in [1.29, 1.82) is 0 Å². The predicted molar refractivity (Wildman–Crippen MR) is 126 cm³/mol. The number of anilines is 1. The van der Waals surface area contributed by atoms with Crippen LogP contribution in [0.5, 0.6) is 5.75 Å². The Kier molecular flexibility index (Phi) is 8.19. The number of hydrogen-bond donors (Lipinski definition) is 1. The van der Waals surface area contributed by atoms with E-state index in [9.17, 15) is 13.2 Å². The molecule has 10 heteroatoms. The van der Waals surface area contributed by atoms with Crippen LogP contribution in [0.15, 0.2) is 47.4 Å². The first kappa shape index (κ1) is 24.5. The molecule has 2 aromatic rings. The second-order valence-corrected chi connectivity index (χ2v) is 10.0. The molecule has 172 valence electrons. The van der Waals surface area contributed by atoms with Crippen molar-refractivity contribution in [3.63, 3.8) is 0 Å². The number of morpholine rings is 1. The third-order valence-corrected chi connectivity index (χ3v) is 7.30. The number of nitrogens with zero attached hydrogens (tertiary/aromatic N) is 1. The second-order valence-electron chi connectivity index (χ2n) is 7.31. The van der Waals surface area contributed by atoms with Gasteiger partial charge in [0.1, 0.15) is 5.75 Å². The molecule has 0 aromatic heterocycles. The fraction of sp³-hybridized carbons (Fsp3) is 0.318. The van der Waals surface area contributed by atoms with Crippen LogP contribution in [0.3, 0.4) is 0 Å². The molecule has 32 heavy (non-hydrogen) atoms. The van der Waals surface area contributed by atoms with Crippen molar-refractivity contribution in [1.82, 2.24) is 4.31 Å². The van der Waals surface area contributed by atoms with Gasteiger partial charge in [0.2, 0.25) is 15.9 Å². The highest BCUT2D eigenvalue weighted by Crippen LogP contribution is 2.31. The van der Waals surface area contributed by atoms with Gasteiger partial charge in [-0.3, -0.25) is 4.79 Å². The van der Waals surface area contributed by atoms with Gasteiger partial charge in [0.05, 0.1) is 39.9 Å². The standard InChI is InChI=1S/C22H24Cl2N2O5S/c1-15(2)31-20-8-7-17(32(28,29)26-10-12-30-13-11-26)14-19(20)25-21(27)9-6-16-4-3-5-18(23)22(16)24/h3-9,14-15H,10-13H2,1-2H3,(H,25,27)/b9-6-. The molecule has 1 amide bonds. The van der Waals surface area contributed by atoms with Crippen LogP contribution in [-0.4, -0.2) is 51.0 Å². The van der Waals surface area contributed by atoms with Crippen LogP contribution in [0.1, 0.15) is 19.4 Å². The van der Waals surface area contributed by atoms with Crippen molar-refractivity contribution in [2.24, 2.45) is 0 Å². The molecule has 0 spiro atoms. The topological polar surface area (TPSA) is 84.9 Å².